The fourth-order valence-electron chi connectivity index (χ4n) is 3.70. The molecule has 0 amide bonds. The number of fused-ring (bicyclic) bond motifs is 3. The Morgan fingerprint density at radius 1 is 1.00 bits per heavy atom. The molecule has 0 spiro atoms. The summed E-state index contributed by atoms with van der Waals surface area (Å²) in [5, 5.41) is 0. The van der Waals surface area contributed by atoms with Gasteiger partial charge in [-0.15, -0.1) is 12.4 Å². The molecular weight excluding hydrogens is 346 g/mol. The minimum absolute atomic E-state index is 0. The highest BCUT2D eigenvalue weighted by Crippen LogP contribution is 2.45. The van der Waals surface area contributed by atoms with Crippen molar-refractivity contribution >= 4 is 12.4 Å². The molecule has 0 aliphatic carbocycles. The summed E-state index contributed by atoms with van der Waals surface area (Å²) < 4.78 is 11.6. The van der Waals surface area contributed by atoms with E-state index in [2.05, 4.69) is 49.1 Å². The average Bonchev–Trinajstić information content (AvgIpc) is 2.65. The van der Waals surface area contributed by atoms with Crippen LogP contribution in [0, 0.1) is 0 Å². The standard InChI is InChI=1S/C22H29NO2.ClH/c1-4-13-23(14-5-2)15-12-17-10-11-20(24-3)22-21(17)19-9-7-6-8-18(19)16-25-22;/h6-11H,4-5,12-16H2,1-3H3;1H. The third-order valence-corrected chi connectivity index (χ3v) is 4.86. The summed E-state index contributed by atoms with van der Waals surface area (Å²) in [6.07, 6.45) is 3.43. The molecule has 0 saturated carbocycles. The molecule has 3 rings (SSSR count). The monoisotopic (exact) mass is 375 g/mol. The van der Waals surface area contributed by atoms with E-state index in [1.807, 2.05) is 6.07 Å². The van der Waals surface area contributed by atoms with Gasteiger partial charge in [0.2, 0.25) is 0 Å². The Bertz CT molecular complexity index is 711. The van der Waals surface area contributed by atoms with E-state index in [1.165, 1.54) is 48.2 Å². The lowest BCUT2D eigenvalue weighted by atomic mass is 9.91. The Balaban J connectivity index is 0.00000243. The van der Waals surface area contributed by atoms with Gasteiger partial charge in [-0.2, -0.15) is 0 Å². The van der Waals surface area contributed by atoms with Crippen molar-refractivity contribution in [2.24, 2.45) is 0 Å². The summed E-state index contributed by atoms with van der Waals surface area (Å²) in [6, 6.07) is 12.8. The molecule has 0 saturated heterocycles. The van der Waals surface area contributed by atoms with Crippen LogP contribution in [0.3, 0.4) is 0 Å². The molecule has 0 atom stereocenters. The second kappa shape index (κ2) is 9.84. The SMILES string of the molecule is CCCN(CCC)CCc1ccc(OC)c2c1-c1ccccc1CO2.Cl. The van der Waals surface area contributed by atoms with E-state index < -0.39 is 0 Å². The summed E-state index contributed by atoms with van der Waals surface area (Å²) in [6.45, 7) is 8.53. The van der Waals surface area contributed by atoms with E-state index in [0.717, 1.165) is 24.5 Å². The molecule has 1 heterocycles. The summed E-state index contributed by atoms with van der Waals surface area (Å²) in [7, 11) is 1.71. The van der Waals surface area contributed by atoms with Crippen LogP contribution in [0.5, 0.6) is 11.5 Å². The minimum Gasteiger partial charge on any atom is -0.493 e. The van der Waals surface area contributed by atoms with E-state index in [0.29, 0.717) is 6.61 Å². The molecule has 2 aromatic carbocycles. The third-order valence-electron chi connectivity index (χ3n) is 4.86. The molecule has 142 valence electrons. The Labute approximate surface area is 163 Å². The smallest absolute Gasteiger partial charge is 0.169 e. The molecular formula is C22H30ClNO2. The van der Waals surface area contributed by atoms with Crippen molar-refractivity contribution in [2.45, 2.75) is 39.7 Å². The summed E-state index contributed by atoms with van der Waals surface area (Å²) in [5.74, 6) is 1.73. The third kappa shape index (κ3) is 4.33. The van der Waals surface area contributed by atoms with Gasteiger partial charge in [0.15, 0.2) is 11.5 Å². The molecule has 1 aliphatic rings. The number of benzene rings is 2. The largest absolute Gasteiger partial charge is 0.493 e. The van der Waals surface area contributed by atoms with Crippen LogP contribution in [0.2, 0.25) is 0 Å². The molecule has 0 unspecified atom stereocenters. The summed E-state index contributed by atoms with van der Waals surface area (Å²) in [4.78, 5) is 2.56. The van der Waals surface area contributed by atoms with Crippen LogP contribution in [0.1, 0.15) is 37.8 Å². The highest BCUT2D eigenvalue weighted by molar-refractivity contribution is 5.85. The first-order valence-corrected chi connectivity index (χ1v) is 9.41. The van der Waals surface area contributed by atoms with Gasteiger partial charge in [0.05, 0.1) is 7.11 Å². The van der Waals surface area contributed by atoms with Crippen molar-refractivity contribution in [2.75, 3.05) is 26.7 Å². The molecule has 0 N–H and O–H groups in total. The number of methoxy groups -OCH3 is 1. The van der Waals surface area contributed by atoms with Gasteiger partial charge in [-0.3, -0.25) is 0 Å². The van der Waals surface area contributed by atoms with E-state index in [9.17, 15) is 0 Å². The Morgan fingerprint density at radius 2 is 1.73 bits per heavy atom. The second-order valence-corrected chi connectivity index (χ2v) is 6.67. The van der Waals surface area contributed by atoms with Crippen LogP contribution in [-0.4, -0.2) is 31.6 Å². The Kier molecular flexibility index (Phi) is 7.80. The number of ether oxygens (including phenoxy) is 2. The van der Waals surface area contributed by atoms with Crippen molar-refractivity contribution in [3.63, 3.8) is 0 Å². The molecule has 3 nitrogen and oxygen atoms in total. The van der Waals surface area contributed by atoms with E-state index in [4.69, 9.17) is 9.47 Å². The van der Waals surface area contributed by atoms with Crippen molar-refractivity contribution in [3.05, 3.63) is 47.5 Å². The number of nitrogens with zero attached hydrogens (tertiary/aromatic N) is 1. The molecule has 26 heavy (non-hydrogen) atoms. The van der Waals surface area contributed by atoms with Gasteiger partial charge in [0.25, 0.3) is 0 Å². The zero-order valence-electron chi connectivity index (χ0n) is 16.1. The highest BCUT2D eigenvalue weighted by atomic mass is 35.5. The molecule has 2 aromatic rings. The van der Waals surface area contributed by atoms with E-state index in [-0.39, 0.29) is 12.4 Å². The average molecular weight is 376 g/mol. The molecule has 0 radical (unpaired) electrons. The maximum atomic E-state index is 6.08. The van der Waals surface area contributed by atoms with Crippen molar-refractivity contribution in [1.82, 2.24) is 4.90 Å². The van der Waals surface area contributed by atoms with Gasteiger partial charge in [-0.1, -0.05) is 44.2 Å². The fraction of sp³-hybridized carbons (Fsp3) is 0.455. The maximum absolute atomic E-state index is 6.08. The van der Waals surface area contributed by atoms with Gasteiger partial charge in [0.1, 0.15) is 6.61 Å². The maximum Gasteiger partial charge on any atom is 0.169 e. The molecule has 4 heteroatoms. The lowest BCUT2D eigenvalue weighted by molar-refractivity contribution is 0.274. The van der Waals surface area contributed by atoms with Gasteiger partial charge in [0, 0.05) is 12.1 Å². The van der Waals surface area contributed by atoms with Gasteiger partial charge in [-0.05, 0) is 55.1 Å². The number of hydrogen-bond acceptors (Lipinski definition) is 3. The first kappa shape index (κ1) is 20.6. The van der Waals surface area contributed by atoms with Crippen LogP contribution in [0.25, 0.3) is 11.1 Å². The van der Waals surface area contributed by atoms with Crippen LogP contribution in [0.15, 0.2) is 36.4 Å². The second-order valence-electron chi connectivity index (χ2n) is 6.67. The molecule has 0 aromatic heterocycles. The molecule has 1 aliphatic heterocycles. The van der Waals surface area contributed by atoms with Gasteiger partial charge < -0.3 is 14.4 Å². The lowest BCUT2D eigenvalue weighted by Crippen LogP contribution is -2.28. The predicted octanol–water partition coefficient (Wildman–Crippen LogP) is 5.34. The first-order valence-electron chi connectivity index (χ1n) is 9.41. The highest BCUT2D eigenvalue weighted by Gasteiger charge is 2.23. The molecule has 0 fully saturated rings. The topological polar surface area (TPSA) is 21.7 Å². The van der Waals surface area contributed by atoms with Crippen LogP contribution < -0.4 is 9.47 Å². The van der Waals surface area contributed by atoms with Crippen LogP contribution in [-0.2, 0) is 13.0 Å². The van der Waals surface area contributed by atoms with Crippen molar-refractivity contribution in [3.8, 4) is 22.6 Å². The number of hydrogen-bond donors (Lipinski definition) is 0. The zero-order chi connectivity index (χ0) is 17.6. The fourth-order valence-corrected chi connectivity index (χ4v) is 3.70. The Hall–Kier alpha value is -1.71. The van der Waals surface area contributed by atoms with E-state index >= 15 is 0 Å². The molecule has 0 bridgehead atoms. The van der Waals surface area contributed by atoms with Crippen molar-refractivity contribution < 1.29 is 9.47 Å². The number of halogens is 1. The quantitative estimate of drug-likeness (QED) is 0.621. The predicted molar refractivity (Wildman–Crippen MR) is 111 cm³/mol. The van der Waals surface area contributed by atoms with Crippen LogP contribution in [0.4, 0.5) is 0 Å². The van der Waals surface area contributed by atoms with E-state index in [1.54, 1.807) is 7.11 Å². The summed E-state index contributed by atoms with van der Waals surface area (Å²) >= 11 is 0. The van der Waals surface area contributed by atoms with Crippen LogP contribution >= 0.6 is 12.4 Å². The number of rotatable bonds is 8. The Morgan fingerprint density at radius 3 is 2.42 bits per heavy atom. The van der Waals surface area contributed by atoms with Gasteiger partial charge >= 0.3 is 0 Å². The van der Waals surface area contributed by atoms with Gasteiger partial charge in [-0.25, -0.2) is 0 Å². The van der Waals surface area contributed by atoms with Crippen molar-refractivity contribution in [1.29, 1.82) is 0 Å². The minimum atomic E-state index is 0. The zero-order valence-corrected chi connectivity index (χ0v) is 16.9. The normalized spacial score (nSPS) is 12.0. The lowest BCUT2D eigenvalue weighted by Gasteiger charge is -2.26. The summed E-state index contributed by atoms with van der Waals surface area (Å²) in [5.41, 5.74) is 5.10. The first-order chi connectivity index (χ1) is 12.3.